The molecule has 1 aromatic heterocycles. The van der Waals surface area contributed by atoms with E-state index in [0.717, 1.165) is 54.8 Å². The number of para-hydroxylation sites is 1. The molecule has 0 bridgehead atoms. The van der Waals surface area contributed by atoms with E-state index in [4.69, 9.17) is 9.47 Å². The first-order chi connectivity index (χ1) is 19.3. The molecule has 0 unspecified atom stereocenters. The molecule has 0 radical (unpaired) electrons. The van der Waals surface area contributed by atoms with Crippen LogP contribution in [-0.4, -0.2) is 28.2 Å². The van der Waals surface area contributed by atoms with Crippen LogP contribution in [0.3, 0.4) is 0 Å². The molecule has 0 saturated heterocycles. The molecule has 7 nitrogen and oxygen atoms in total. The van der Waals surface area contributed by atoms with Crippen LogP contribution < -0.4 is 10.1 Å². The Hall–Kier alpha value is -3.52. The maximum absolute atomic E-state index is 12.0. The van der Waals surface area contributed by atoms with Gasteiger partial charge in [0, 0.05) is 30.5 Å². The van der Waals surface area contributed by atoms with Gasteiger partial charge in [-0.3, -0.25) is 9.59 Å². The number of nitrogens with zero attached hydrogens (tertiary/aromatic N) is 2. The topological polar surface area (TPSA) is 90.4 Å². The Kier molecular flexibility index (Phi) is 7.21. The highest BCUT2D eigenvalue weighted by molar-refractivity contribution is 7.16. The Labute approximate surface area is 239 Å². The molecule has 3 aromatic rings. The molecule has 2 aromatic carbocycles. The van der Waals surface area contributed by atoms with Gasteiger partial charge in [-0.15, -0.1) is 10.2 Å². The predicted octanol–water partition coefficient (Wildman–Crippen LogP) is 7.17. The molecule has 2 saturated carbocycles. The number of esters is 2. The number of hydrogen-bond donors (Lipinski definition) is 1. The number of fused-ring (bicyclic) bond motifs is 5. The lowest BCUT2D eigenvalue weighted by atomic mass is 9.55. The van der Waals surface area contributed by atoms with Crippen LogP contribution in [0.5, 0.6) is 5.75 Å². The van der Waals surface area contributed by atoms with E-state index in [2.05, 4.69) is 34.6 Å². The zero-order valence-corrected chi connectivity index (χ0v) is 24.0. The lowest BCUT2D eigenvalue weighted by Crippen LogP contribution is -2.45. The summed E-state index contributed by atoms with van der Waals surface area (Å²) < 4.78 is 11.5. The van der Waals surface area contributed by atoms with Crippen LogP contribution in [0.1, 0.15) is 80.5 Å². The molecule has 8 heteroatoms. The normalized spacial score (nSPS) is 27.0. The number of carbonyl (C=O) groups excluding carboxylic acids is 2. The molecule has 1 heterocycles. The summed E-state index contributed by atoms with van der Waals surface area (Å²) in [4.78, 5) is 23.7. The lowest BCUT2D eigenvalue weighted by molar-refractivity contribution is -0.154. The van der Waals surface area contributed by atoms with Crippen molar-refractivity contribution in [3.63, 3.8) is 0 Å². The average Bonchev–Trinajstić information content (AvgIpc) is 3.51. The number of aromatic nitrogens is 2. The van der Waals surface area contributed by atoms with Crippen molar-refractivity contribution in [3.8, 4) is 5.75 Å². The van der Waals surface area contributed by atoms with Crippen LogP contribution in [0.4, 0.5) is 10.8 Å². The largest absolute Gasteiger partial charge is 0.462 e. The van der Waals surface area contributed by atoms with E-state index < -0.39 is 0 Å². The van der Waals surface area contributed by atoms with Gasteiger partial charge in [-0.1, -0.05) is 36.5 Å². The number of ether oxygens (including phenoxy) is 2. The first-order valence-corrected chi connectivity index (χ1v) is 15.0. The van der Waals surface area contributed by atoms with Gasteiger partial charge >= 0.3 is 11.9 Å². The maximum atomic E-state index is 12.0. The van der Waals surface area contributed by atoms with Gasteiger partial charge in [-0.05, 0) is 104 Å². The van der Waals surface area contributed by atoms with E-state index in [1.807, 2.05) is 42.5 Å². The van der Waals surface area contributed by atoms with Crippen LogP contribution in [-0.2, 0) is 20.7 Å². The number of hydrogen-bond acceptors (Lipinski definition) is 8. The van der Waals surface area contributed by atoms with Crippen LogP contribution in [0.15, 0.2) is 42.5 Å². The van der Waals surface area contributed by atoms with Crippen LogP contribution in [0.25, 0.3) is 12.2 Å². The third-order valence-electron chi connectivity index (χ3n) is 9.20. The van der Waals surface area contributed by atoms with Crippen molar-refractivity contribution in [1.82, 2.24) is 10.2 Å². The minimum Gasteiger partial charge on any atom is -0.462 e. The molecule has 208 valence electrons. The molecule has 3 aliphatic carbocycles. The lowest BCUT2D eigenvalue weighted by Gasteiger charge is -2.50. The van der Waals surface area contributed by atoms with Crippen LogP contribution in [0.2, 0.25) is 0 Å². The van der Waals surface area contributed by atoms with E-state index in [1.54, 1.807) is 0 Å². The highest BCUT2D eigenvalue weighted by Crippen LogP contribution is 2.61. The third kappa shape index (κ3) is 5.17. The Bertz CT molecular complexity index is 1450. The second-order valence-corrected chi connectivity index (χ2v) is 12.6. The molecule has 6 rings (SSSR count). The van der Waals surface area contributed by atoms with Crippen LogP contribution in [0, 0.1) is 17.3 Å². The highest BCUT2D eigenvalue weighted by atomic mass is 32.1. The minimum atomic E-state index is -0.329. The summed E-state index contributed by atoms with van der Waals surface area (Å²) in [6, 6.07) is 14.2. The molecule has 3 aliphatic rings. The molecule has 2 fully saturated rings. The summed E-state index contributed by atoms with van der Waals surface area (Å²) in [5.41, 5.74) is 4.53. The van der Waals surface area contributed by atoms with Crippen LogP contribution >= 0.6 is 11.3 Å². The summed E-state index contributed by atoms with van der Waals surface area (Å²) in [5, 5.41) is 13.3. The number of benzene rings is 2. The number of nitrogens with one attached hydrogen (secondary N) is 1. The summed E-state index contributed by atoms with van der Waals surface area (Å²) in [6.07, 6.45) is 10.2. The van der Waals surface area contributed by atoms with E-state index in [0.29, 0.717) is 28.6 Å². The zero-order valence-electron chi connectivity index (χ0n) is 23.2. The summed E-state index contributed by atoms with van der Waals surface area (Å²) in [6.45, 7) is 5.30. The van der Waals surface area contributed by atoms with Crippen molar-refractivity contribution in [2.45, 2.75) is 71.3 Å². The van der Waals surface area contributed by atoms with E-state index in [-0.39, 0.29) is 23.5 Å². The Morgan fingerprint density at radius 2 is 1.85 bits per heavy atom. The monoisotopic (exact) mass is 557 g/mol. The highest BCUT2D eigenvalue weighted by Gasteiger charge is 2.56. The van der Waals surface area contributed by atoms with Gasteiger partial charge in [0.1, 0.15) is 16.9 Å². The first-order valence-electron chi connectivity index (χ1n) is 14.2. The second-order valence-electron chi connectivity index (χ2n) is 11.6. The zero-order chi connectivity index (χ0) is 27.9. The quantitative estimate of drug-likeness (QED) is 0.254. The van der Waals surface area contributed by atoms with E-state index in [1.165, 1.54) is 36.3 Å². The summed E-state index contributed by atoms with van der Waals surface area (Å²) >= 11 is 1.46. The second kappa shape index (κ2) is 10.8. The number of carbonyl (C=O) groups is 2. The van der Waals surface area contributed by atoms with Gasteiger partial charge in [0.05, 0.1) is 0 Å². The molecule has 1 N–H and O–H groups in total. The molecule has 0 amide bonds. The van der Waals surface area contributed by atoms with Crippen molar-refractivity contribution >= 4 is 46.2 Å². The Morgan fingerprint density at radius 3 is 2.62 bits per heavy atom. The number of aryl methyl sites for hydroxylation is 1. The molecule has 0 aliphatic heterocycles. The molecule has 0 spiro atoms. The third-order valence-corrected chi connectivity index (χ3v) is 10.0. The summed E-state index contributed by atoms with van der Waals surface area (Å²) in [7, 11) is 0. The van der Waals surface area contributed by atoms with Gasteiger partial charge in [-0.25, -0.2) is 0 Å². The van der Waals surface area contributed by atoms with Gasteiger partial charge in [0.15, 0.2) is 0 Å². The Morgan fingerprint density at radius 1 is 1.02 bits per heavy atom. The van der Waals surface area contributed by atoms with Gasteiger partial charge < -0.3 is 14.8 Å². The van der Waals surface area contributed by atoms with Gasteiger partial charge in [0.25, 0.3) is 0 Å². The standard InChI is InChI=1S/C32H35N3O4S/c1-19(36)38-28-18-21-9-11-25-24(15-16-32(3)27(25)12-13-29(32)39-20(2)37)26(21)17-22(28)10-14-30-34-35-31(40-30)33-23-7-5-4-6-8-23/h4-8,10,14,17-18,24-25,27,29H,9,11-13,15-16H2,1-3H3,(H,33,35)/b14-10+/t24-,25+,27-,29-,32-/m0/s1. The van der Waals surface area contributed by atoms with Gasteiger partial charge in [-0.2, -0.15) is 0 Å². The molecule has 40 heavy (non-hydrogen) atoms. The molecular formula is C32H35N3O4S. The summed E-state index contributed by atoms with van der Waals surface area (Å²) in [5.74, 6) is 1.66. The molecular weight excluding hydrogens is 522 g/mol. The van der Waals surface area contributed by atoms with E-state index in [9.17, 15) is 9.59 Å². The average molecular weight is 558 g/mol. The van der Waals surface area contributed by atoms with Crippen molar-refractivity contribution in [2.24, 2.45) is 17.3 Å². The SMILES string of the molecule is CC(=O)Oc1cc2c(cc1/C=C/c1nnc(Nc3ccccc3)s1)[C@H]1CC[C@]3(C)[C@@H](OC(C)=O)CC[C@H]3[C@@H]1CC2. The minimum absolute atomic E-state index is 0.0235. The fourth-order valence-electron chi connectivity index (χ4n) is 7.49. The predicted molar refractivity (Wildman–Crippen MR) is 156 cm³/mol. The fourth-order valence-corrected chi connectivity index (χ4v) is 8.16. The van der Waals surface area contributed by atoms with Crippen molar-refractivity contribution in [2.75, 3.05) is 5.32 Å². The maximum Gasteiger partial charge on any atom is 0.308 e. The Balaban J connectivity index is 1.27. The van der Waals surface area contributed by atoms with Gasteiger partial charge in [0.2, 0.25) is 5.13 Å². The van der Waals surface area contributed by atoms with Crippen molar-refractivity contribution in [1.29, 1.82) is 0 Å². The van der Waals surface area contributed by atoms with Crippen molar-refractivity contribution < 1.29 is 19.1 Å². The molecule has 5 atom stereocenters. The smallest absolute Gasteiger partial charge is 0.308 e. The van der Waals surface area contributed by atoms with E-state index >= 15 is 0 Å². The fraction of sp³-hybridized carbons (Fsp3) is 0.438. The van der Waals surface area contributed by atoms with Crippen molar-refractivity contribution in [3.05, 3.63) is 64.2 Å². The number of anilines is 2. The first kappa shape index (κ1) is 26.7. The number of rotatable bonds is 6.